The number of nitrogens with zero attached hydrogens (tertiary/aromatic N) is 1. The summed E-state index contributed by atoms with van der Waals surface area (Å²) < 4.78 is 18.8. The minimum atomic E-state index is -0.164. The Morgan fingerprint density at radius 2 is 2.30 bits per heavy atom. The molecular formula is C16H25FN2O. The Labute approximate surface area is 121 Å². The van der Waals surface area contributed by atoms with Gasteiger partial charge in [-0.2, -0.15) is 0 Å². The molecule has 0 radical (unpaired) electrons. The van der Waals surface area contributed by atoms with E-state index in [2.05, 4.69) is 24.2 Å². The summed E-state index contributed by atoms with van der Waals surface area (Å²) >= 11 is 0. The van der Waals surface area contributed by atoms with Gasteiger partial charge >= 0.3 is 0 Å². The summed E-state index contributed by atoms with van der Waals surface area (Å²) in [5.74, 6) is 0.338. The molecule has 1 saturated heterocycles. The first-order chi connectivity index (χ1) is 9.69. The van der Waals surface area contributed by atoms with E-state index in [0.717, 1.165) is 44.8 Å². The van der Waals surface area contributed by atoms with E-state index in [1.54, 1.807) is 12.1 Å². The van der Waals surface area contributed by atoms with Gasteiger partial charge in [0, 0.05) is 31.7 Å². The van der Waals surface area contributed by atoms with E-state index in [0.29, 0.717) is 12.0 Å². The maximum atomic E-state index is 13.2. The zero-order valence-electron chi connectivity index (χ0n) is 12.4. The van der Waals surface area contributed by atoms with Crippen molar-refractivity contribution in [3.05, 3.63) is 35.6 Å². The largest absolute Gasteiger partial charge is 0.381 e. The molecule has 20 heavy (non-hydrogen) atoms. The van der Waals surface area contributed by atoms with Gasteiger partial charge in [0.15, 0.2) is 0 Å². The normalized spacial score (nSPS) is 23.2. The molecule has 1 aromatic rings. The van der Waals surface area contributed by atoms with Crippen LogP contribution in [0.2, 0.25) is 0 Å². The highest BCUT2D eigenvalue weighted by molar-refractivity contribution is 5.16. The van der Waals surface area contributed by atoms with Crippen LogP contribution in [-0.4, -0.2) is 44.3 Å². The molecule has 0 bridgehead atoms. The maximum absolute atomic E-state index is 13.2. The fourth-order valence-corrected chi connectivity index (χ4v) is 2.92. The Hall–Kier alpha value is -0.970. The first-order valence-corrected chi connectivity index (χ1v) is 7.43. The molecule has 1 aliphatic heterocycles. The van der Waals surface area contributed by atoms with Crippen molar-refractivity contribution in [2.24, 2.45) is 5.92 Å². The third-order valence-corrected chi connectivity index (χ3v) is 3.83. The second kappa shape index (κ2) is 7.72. The van der Waals surface area contributed by atoms with Gasteiger partial charge in [-0.15, -0.1) is 0 Å². The average molecular weight is 280 g/mol. The summed E-state index contributed by atoms with van der Waals surface area (Å²) in [6, 6.07) is 7.36. The van der Waals surface area contributed by atoms with E-state index < -0.39 is 0 Å². The Bertz CT molecular complexity index is 411. The highest BCUT2D eigenvalue weighted by Gasteiger charge is 2.25. The van der Waals surface area contributed by atoms with E-state index in [-0.39, 0.29) is 5.82 Å². The standard InChI is InChI=1S/C16H25FN2O/c1-3-18-16-7-8-20-12-14(16)11-19(2)10-13-5-4-6-15(17)9-13/h4-6,9,14,16,18H,3,7-8,10-12H2,1-2H3. The van der Waals surface area contributed by atoms with Gasteiger partial charge in [-0.1, -0.05) is 19.1 Å². The third-order valence-electron chi connectivity index (χ3n) is 3.83. The summed E-state index contributed by atoms with van der Waals surface area (Å²) in [6.45, 7) is 6.53. The predicted molar refractivity (Wildman–Crippen MR) is 79.1 cm³/mol. The molecule has 1 heterocycles. The summed E-state index contributed by atoms with van der Waals surface area (Å²) in [4.78, 5) is 2.25. The van der Waals surface area contributed by atoms with Crippen LogP contribution in [0.3, 0.4) is 0 Å². The van der Waals surface area contributed by atoms with Crippen molar-refractivity contribution in [2.75, 3.05) is 33.4 Å². The van der Waals surface area contributed by atoms with E-state index in [4.69, 9.17) is 4.74 Å². The number of rotatable bonds is 6. The van der Waals surface area contributed by atoms with Crippen LogP contribution in [0.4, 0.5) is 4.39 Å². The highest BCUT2D eigenvalue weighted by atomic mass is 19.1. The molecule has 4 heteroatoms. The lowest BCUT2D eigenvalue weighted by Gasteiger charge is -2.34. The van der Waals surface area contributed by atoms with Crippen molar-refractivity contribution < 1.29 is 9.13 Å². The number of ether oxygens (including phenoxy) is 1. The second-order valence-electron chi connectivity index (χ2n) is 5.61. The molecule has 1 aromatic carbocycles. The van der Waals surface area contributed by atoms with Gasteiger partial charge in [-0.25, -0.2) is 4.39 Å². The minimum Gasteiger partial charge on any atom is -0.381 e. The van der Waals surface area contributed by atoms with Crippen LogP contribution < -0.4 is 5.32 Å². The lowest BCUT2D eigenvalue weighted by Crippen LogP contribution is -2.47. The van der Waals surface area contributed by atoms with Crippen molar-refractivity contribution in [3.63, 3.8) is 0 Å². The Kier molecular flexibility index (Phi) is 5.95. The highest BCUT2D eigenvalue weighted by Crippen LogP contribution is 2.17. The van der Waals surface area contributed by atoms with Crippen LogP contribution >= 0.6 is 0 Å². The lowest BCUT2D eigenvalue weighted by molar-refractivity contribution is 0.0193. The summed E-state index contributed by atoms with van der Waals surface area (Å²) in [5.41, 5.74) is 1.02. The monoisotopic (exact) mass is 280 g/mol. The molecule has 2 atom stereocenters. The summed E-state index contributed by atoms with van der Waals surface area (Å²) in [6.07, 6.45) is 1.08. The van der Waals surface area contributed by atoms with Gasteiger partial charge in [0.1, 0.15) is 5.82 Å². The van der Waals surface area contributed by atoms with Crippen LogP contribution in [0, 0.1) is 11.7 Å². The third kappa shape index (κ3) is 4.54. The van der Waals surface area contributed by atoms with Crippen LogP contribution in [-0.2, 0) is 11.3 Å². The maximum Gasteiger partial charge on any atom is 0.123 e. The van der Waals surface area contributed by atoms with Crippen LogP contribution in [0.25, 0.3) is 0 Å². The molecular weight excluding hydrogens is 255 g/mol. The first-order valence-electron chi connectivity index (χ1n) is 7.43. The van der Waals surface area contributed by atoms with E-state index >= 15 is 0 Å². The zero-order valence-corrected chi connectivity index (χ0v) is 12.4. The van der Waals surface area contributed by atoms with Crippen LogP contribution in [0.15, 0.2) is 24.3 Å². The molecule has 0 spiro atoms. The number of hydrogen-bond acceptors (Lipinski definition) is 3. The predicted octanol–water partition coefficient (Wildman–Crippen LogP) is 2.27. The van der Waals surface area contributed by atoms with Crippen molar-refractivity contribution in [1.82, 2.24) is 10.2 Å². The number of hydrogen-bond donors (Lipinski definition) is 1. The molecule has 2 unspecified atom stereocenters. The lowest BCUT2D eigenvalue weighted by atomic mass is 9.95. The topological polar surface area (TPSA) is 24.5 Å². The van der Waals surface area contributed by atoms with Crippen molar-refractivity contribution in [3.8, 4) is 0 Å². The van der Waals surface area contributed by atoms with Gasteiger partial charge in [-0.05, 0) is 37.7 Å². The molecule has 0 aromatic heterocycles. The van der Waals surface area contributed by atoms with Gasteiger partial charge in [0.05, 0.1) is 6.61 Å². The van der Waals surface area contributed by atoms with Crippen molar-refractivity contribution in [2.45, 2.75) is 25.9 Å². The van der Waals surface area contributed by atoms with Gasteiger partial charge < -0.3 is 15.0 Å². The summed E-state index contributed by atoms with van der Waals surface area (Å²) in [5, 5.41) is 3.55. The van der Waals surface area contributed by atoms with Crippen LogP contribution in [0.5, 0.6) is 0 Å². The minimum absolute atomic E-state index is 0.164. The van der Waals surface area contributed by atoms with Gasteiger partial charge in [-0.3, -0.25) is 0 Å². The van der Waals surface area contributed by atoms with E-state index in [9.17, 15) is 4.39 Å². The quantitative estimate of drug-likeness (QED) is 0.865. The zero-order chi connectivity index (χ0) is 14.4. The molecule has 0 saturated carbocycles. The molecule has 112 valence electrons. The molecule has 0 amide bonds. The SMILES string of the molecule is CCNC1CCOCC1CN(C)Cc1cccc(F)c1. The average Bonchev–Trinajstić information content (AvgIpc) is 2.41. The van der Waals surface area contributed by atoms with Crippen LogP contribution in [0.1, 0.15) is 18.9 Å². The van der Waals surface area contributed by atoms with E-state index in [1.807, 2.05) is 6.07 Å². The number of nitrogens with one attached hydrogen (secondary N) is 1. The van der Waals surface area contributed by atoms with Gasteiger partial charge in [0.2, 0.25) is 0 Å². The molecule has 0 aliphatic carbocycles. The van der Waals surface area contributed by atoms with Gasteiger partial charge in [0.25, 0.3) is 0 Å². The Morgan fingerprint density at radius 3 is 3.05 bits per heavy atom. The summed E-state index contributed by atoms with van der Waals surface area (Å²) in [7, 11) is 2.09. The first kappa shape index (κ1) is 15.4. The number of halogens is 1. The molecule has 3 nitrogen and oxygen atoms in total. The van der Waals surface area contributed by atoms with Crippen molar-refractivity contribution >= 4 is 0 Å². The Balaban J connectivity index is 1.87. The fourth-order valence-electron chi connectivity index (χ4n) is 2.92. The van der Waals surface area contributed by atoms with Crippen molar-refractivity contribution in [1.29, 1.82) is 0 Å². The molecule has 1 fully saturated rings. The second-order valence-corrected chi connectivity index (χ2v) is 5.61. The molecule has 1 N–H and O–H groups in total. The molecule has 1 aliphatic rings. The van der Waals surface area contributed by atoms with E-state index in [1.165, 1.54) is 6.07 Å². The smallest absolute Gasteiger partial charge is 0.123 e. The molecule has 2 rings (SSSR count). The Morgan fingerprint density at radius 1 is 1.45 bits per heavy atom. The fraction of sp³-hybridized carbons (Fsp3) is 0.625. The number of benzene rings is 1.